The lowest BCUT2D eigenvalue weighted by Gasteiger charge is -2.23. The Kier molecular flexibility index (Phi) is 4.04. The Bertz CT molecular complexity index is 545. The maximum absolute atomic E-state index is 11.9. The molecule has 2 rings (SSSR count). The van der Waals surface area contributed by atoms with Crippen LogP contribution in [0.1, 0.15) is 12.0 Å². The summed E-state index contributed by atoms with van der Waals surface area (Å²) < 4.78 is 22.8. The summed E-state index contributed by atoms with van der Waals surface area (Å²) in [6, 6.07) is 3.17. The third kappa shape index (κ3) is 3.66. The van der Waals surface area contributed by atoms with Crippen molar-refractivity contribution < 1.29 is 13.2 Å². The maximum atomic E-state index is 11.9. The summed E-state index contributed by atoms with van der Waals surface area (Å²) in [5.74, 6) is 0.228. The largest absolute Gasteiger partial charge is 0.334 e. The van der Waals surface area contributed by atoms with Crippen molar-refractivity contribution in [2.24, 2.45) is 0 Å². The second-order valence-corrected chi connectivity index (χ2v) is 6.91. The van der Waals surface area contributed by atoms with Crippen LogP contribution in [0.2, 0.25) is 0 Å². The molecule has 1 N–H and O–H groups in total. The summed E-state index contributed by atoms with van der Waals surface area (Å²) >= 11 is 0. The number of hydrogen-bond donors (Lipinski definition) is 1. The fraction of sp³-hybridized carbons (Fsp3) is 0.500. The zero-order valence-corrected chi connectivity index (χ0v) is 11.6. The Morgan fingerprint density at radius 3 is 2.74 bits per heavy atom. The van der Waals surface area contributed by atoms with E-state index in [1.807, 2.05) is 12.1 Å². The van der Waals surface area contributed by atoms with Gasteiger partial charge in [0.05, 0.1) is 11.5 Å². The van der Waals surface area contributed by atoms with Gasteiger partial charge in [-0.05, 0) is 24.1 Å². The molecule has 0 aliphatic carbocycles. The van der Waals surface area contributed by atoms with Crippen molar-refractivity contribution >= 4 is 15.9 Å². The topological polar surface area (TPSA) is 79.4 Å². The number of hydrogen-bond acceptors (Lipinski definition) is 4. The minimum atomic E-state index is -2.97. The van der Waals surface area contributed by atoms with Crippen molar-refractivity contribution in [3.63, 3.8) is 0 Å². The average molecular weight is 283 g/mol. The van der Waals surface area contributed by atoms with Crippen LogP contribution in [0.4, 0.5) is 4.79 Å². The molecule has 19 heavy (non-hydrogen) atoms. The van der Waals surface area contributed by atoms with E-state index in [-0.39, 0.29) is 23.6 Å². The van der Waals surface area contributed by atoms with Gasteiger partial charge in [0.1, 0.15) is 0 Å². The monoisotopic (exact) mass is 283 g/mol. The third-order valence-corrected chi connectivity index (χ3v) is 5.02. The van der Waals surface area contributed by atoms with E-state index in [9.17, 15) is 13.2 Å². The summed E-state index contributed by atoms with van der Waals surface area (Å²) in [6.45, 7) is 0.408. The summed E-state index contributed by atoms with van der Waals surface area (Å²) in [5.41, 5.74) is 0.954. The van der Waals surface area contributed by atoms with Gasteiger partial charge in [0.2, 0.25) is 0 Å². The summed E-state index contributed by atoms with van der Waals surface area (Å²) in [7, 11) is -1.34. The standard InChI is InChI=1S/C12H17N3O3S/c1-15(11-4-7-19(17,18)9-11)12(16)14-8-10-2-5-13-6-3-10/h2-3,5-6,11H,4,7-9H2,1H3,(H,14,16). The number of pyridine rings is 1. The molecule has 0 radical (unpaired) electrons. The van der Waals surface area contributed by atoms with Gasteiger partial charge in [0.25, 0.3) is 0 Å². The number of aromatic nitrogens is 1. The highest BCUT2D eigenvalue weighted by molar-refractivity contribution is 7.91. The summed E-state index contributed by atoms with van der Waals surface area (Å²) in [4.78, 5) is 17.3. The van der Waals surface area contributed by atoms with Crippen LogP contribution in [0.3, 0.4) is 0 Å². The normalized spacial score (nSPS) is 21.0. The maximum Gasteiger partial charge on any atom is 0.317 e. The van der Waals surface area contributed by atoms with E-state index < -0.39 is 9.84 Å². The highest BCUT2D eigenvalue weighted by Gasteiger charge is 2.32. The van der Waals surface area contributed by atoms with Crippen molar-refractivity contribution in [1.29, 1.82) is 0 Å². The molecule has 6 nitrogen and oxygen atoms in total. The Morgan fingerprint density at radius 1 is 1.47 bits per heavy atom. The minimum absolute atomic E-state index is 0.0617. The molecular weight excluding hydrogens is 266 g/mol. The quantitative estimate of drug-likeness (QED) is 0.871. The van der Waals surface area contributed by atoms with Crippen LogP contribution in [0.25, 0.3) is 0 Å². The third-order valence-electron chi connectivity index (χ3n) is 3.27. The lowest BCUT2D eigenvalue weighted by molar-refractivity contribution is 0.194. The molecule has 0 aromatic carbocycles. The zero-order chi connectivity index (χ0) is 13.9. The predicted molar refractivity (Wildman–Crippen MR) is 71.3 cm³/mol. The van der Waals surface area contributed by atoms with Gasteiger partial charge >= 0.3 is 6.03 Å². The van der Waals surface area contributed by atoms with Gasteiger partial charge in [-0.25, -0.2) is 13.2 Å². The van der Waals surface area contributed by atoms with Gasteiger partial charge in [-0.2, -0.15) is 0 Å². The van der Waals surface area contributed by atoms with Crippen LogP contribution in [-0.4, -0.2) is 48.9 Å². The highest BCUT2D eigenvalue weighted by Crippen LogP contribution is 2.16. The van der Waals surface area contributed by atoms with Crippen LogP contribution in [0.15, 0.2) is 24.5 Å². The molecule has 2 heterocycles. The fourth-order valence-corrected chi connectivity index (χ4v) is 3.82. The zero-order valence-electron chi connectivity index (χ0n) is 10.7. The number of carbonyl (C=O) groups is 1. The molecule has 1 atom stereocenters. The van der Waals surface area contributed by atoms with Crippen LogP contribution in [0.5, 0.6) is 0 Å². The molecule has 0 spiro atoms. The van der Waals surface area contributed by atoms with Crippen molar-refractivity contribution in [1.82, 2.24) is 15.2 Å². The Morgan fingerprint density at radius 2 is 2.16 bits per heavy atom. The predicted octanol–water partition coefficient (Wildman–Crippen LogP) is 0.410. The lowest BCUT2D eigenvalue weighted by atomic mass is 10.2. The number of carbonyl (C=O) groups excluding carboxylic acids is 1. The number of amides is 2. The Balaban J connectivity index is 1.87. The molecule has 1 fully saturated rings. The average Bonchev–Trinajstić information content (AvgIpc) is 2.76. The number of rotatable bonds is 3. The smallest absolute Gasteiger partial charge is 0.317 e. The van der Waals surface area contributed by atoms with Gasteiger partial charge in [-0.1, -0.05) is 0 Å². The van der Waals surface area contributed by atoms with Gasteiger partial charge in [0, 0.05) is 32.0 Å². The van der Waals surface area contributed by atoms with Crippen LogP contribution >= 0.6 is 0 Å². The number of sulfone groups is 1. The Hall–Kier alpha value is -1.63. The molecule has 1 saturated heterocycles. The summed E-state index contributed by atoms with van der Waals surface area (Å²) in [5, 5.41) is 2.77. The molecule has 1 aromatic heterocycles. The molecule has 1 aromatic rings. The first-order chi connectivity index (χ1) is 8.98. The first kappa shape index (κ1) is 13.8. The van der Waals surface area contributed by atoms with E-state index in [2.05, 4.69) is 10.3 Å². The van der Waals surface area contributed by atoms with Gasteiger partial charge < -0.3 is 10.2 Å². The van der Waals surface area contributed by atoms with Crippen LogP contribution < -0.4 is 5.32 Å². The van der Waals surface area contributed by atoms with Gasteiger partial charge in [0.15, 0.2) is 9.84 Å². The lowest BCUT2D eigenvalue weighted by Crippen LogP contribution is -2.43. The second-order valence-electron chi connectivity index (χ2n) is 4.68. The van der Waals surface area contributed by atoms with Crippen molar-refractivity contribution in [2.45, 2.75) is 19.0 Å². The number of nitrogens with zero attached hydrogens (tertiary/aromatic N) is 2. The minimum Gasteiger partial charge on any atom is -0.334 e. The van der Waals surface area contributed by atoms with E-state index in [4.69, 9.17) is 0 Å². The number of nitrogens with one attached hydrogen (secondary N) is 1. The Labute approximate surface area is 112 Å². The van der Waals surface area contributed by atoms with E-state index in [1.54, 1.807) is 19.4 Å². The molecule has 0 saturated carbocycles. The van der Waals surface area contributed by atoms with E-state index in [0.717, 1.165) is 5.56 Å². The molecule has 1 aliphatic heterocycles. The highest BCUT2D eigenvalue weighted by atomic mass is 32.2. The van der Waals surface area contributed by atoms with Crippen molar-refractivity contribution in [3.05, 3.63) is 30.1 Å². The first-order valence-electron chi connectivity index (χ1n) is 6.08. The van der Waals surface area contributed by atoms with Crippen LogP contribution in [0, 0.1) is 0 Å². The SMILES string of the molecule is CN(C(=O)NCc1ccncc1)C1CCS(=O)(=O)C1. The summed E-state index contributed by atoms with van der Waals surface area (Å²) in [6.07, 6.45) is 3.84. The van der Waals surface area contributed by atoms with Crippen molar-refractivity contribution in [2.75, 3.05) is 18.6 Å². The molecule has 7 heteroatoms. The fourth-order valence-electron chi connectivity index (χ4n) is 2.05. The van der Waals surface area contributed by atoms with Crippen LogP contribution in [-0.2, 0) is 16.4 Å². The molecule has 1 unspecified atom stereocenters. The van der Waals surface area contributed by atoms with E-state index in [0.29, 0.717) is 13.0 Å². The van der Waals surface area contributed by atoms with E-state index >= 15 is 0 Å². The molecule has 2 amide bonds. The first-order valence-corrected chi connectivity index (χ1v) is 7.90. The van der Waals surface area contributed by atoms with Crippen molar-refractivity contribution in [3.8, 4) is 0 Å². The van der Waals surface area contributed by atoms with Gasteiger partial charge in [-0.3, -0.25) is 4.98 Å². The molecule has 1 aliphatic rings. The second kappa shape index (κ2) is 5.56. The molecular formula is C12H17N3O3S. The number of urea groups is 1. The van der Waals surface area contributed by atoms with E-state index in [1.165, 1.54) is 4.90 Å². The van der Waals surface area contributed by atoms with Gasteiger partial charge in [-0.15, -0.1) is 0 Å². The molecule has 104 valence electrons. The molecule has 0 bridgehead atoms.